The first kappa shape index (κ1) is 65.4. The molecule has 4 aromatic carbocycles. The first-order valence-corrected chi connectivity index (χ1v) is 25.3. The van der Waals surface area contributed by atoms with Gasteiger partial charge in [0.2, 0.25) is 11.8 Å². The third-order valence-electron chi connectivity index (χ3n) is 15.1. The molecule has 82 heavy (non-hydrogen) atoms. The number of nitrogens with two attached hydrogens (primary N) is 2. The van der Waals surface area contributed by atoms with Gasteiger partial charge >= 0.3 is 36.4 Å². The molecule has 0 aliphatic heterocycles. The van der Waals surface area contributed by atoms with Gasteiger partial charge in [0.05, 0.1) is 54.0 Å². The van der Waals surface area contributed by atoms with Gasteiger partial charge in [-0.1, -0.05) is 60.7 Å². The van der Waals surface area contributed by atoms with Crippen molar-refractivity contribution in [1.82, 2.24) is 36.1 Å². The number of hydrogen-bond acceptors (Lipinski definition) is 9. The van der Waals surface area contributed by atoms with E-state index in [9.17, 15) is 71.9 Å². The number of aromatic amines is 1. The molecule has 0 spiro atoms. The van der Waals surface area contributed by atoms with Crippen LogP contribution in [0.4, 0.5) is 57.5 Å². The maximum absolute atomic E-state index is 13.4. The summed E-state index contributed by atoms with van der Waals surface area (Å²) in [5.41, 5.74) is -2.71. The van der Waals surface area contributed by atoms with Crippen molar-refractivity contribution >= 4 is 24.2 Å². The lowest BCUT2D eigenvalue weighted by Crippen LogP contribution is -2.63. The molecule has 5 aromatic rings. The number of carbonyl (C=O) groups is 3. The second-order valence-electron chi connectivity index (χ2n) is 19.9. The summed E-state index contributed by atoms with van der Waals surface area (Å²) in [6.07, 6.45) is -18.0. The number of halogens is 12. The number of rotatable bonds is 14. The van der Waals surface area contributed by atoms with E-state index in [-0.39, 0.29) is 68.1 Å². The molecule has 2 aliphatic carbocycles. The molecule has 2 saturated carbocycles. The lowest BCUT2D eigenvalue weighted by Gasteiger charge is -2.46. The van der Waals surface area contributed by atoms with Gasteiger partial charge in [0.1, 0.15) is 17.4 Å². The Hall–Kier alpha value is -7.46. The van der Waals surface area contributed by atoms with Crippen molar-refractivity contribution in [3.05, 3.63) is 158 Å². The molecule has 2 fully saturated rings. The van der Waals surface area contributed by atoms with E-state index in [1.807, 2.05) is 47.9 Å². The second-order valence-corrected chi connectivity index (χ2v) is 19.9. The molecule has 0 radical (unpaired) electrons. The summed E-state index contributed by atoms with van der Waals surface area (Å²) in [5.74, 6) is 4.39. The number of hydrazine groups is 1. The number of nitrogens with one attached hydrogen (secondary N) is 6. The van der Waals surface area contributed by atoms with Gasteiger partial charge in [-0.3, -0.25) is 25.0 Å². The van der Waals surface area contributed by atoms with Crippen LogP contribution in [0.15, 0.2) is 108 Å². The number of alkyl halides is 12. The monoisotopic (exact) mass is 1170 g/mol. The molecule has 0 saturated heterocycles. The normalized spacial score (nSPS) is 21.9. The molecule has 1 heterocycles. The average molecular weight is 1180 g/mol. The Labute approximate surface area is 462 Å². The number of ether oxygens (including phenoxy) is 2. The third-order valence-corrected chi connectivity index (χ3v) is 15.1. The second kappa shape index (κ2) is 26.2. The van der Waals surface area contributed by atoms with Crippen LogP contribution in [0.3, 0.4) is 0 Å². The largest absolute Gasteiger partial charge is 0.416 e. The first-order valence-electron chi connectivity index (χ1n) is 25.3. The standard InChI is InChI=1S/C27H28F6N4O3.C26H30F6N4O3.CH4N2/c1-17(18-12-20(26(28,29)30)14-21(13-18)27(31,32)33)40-15-24(19-6-4-3-5-7-19)8-10-25(11-9-24,22(38)34-2)37-16-35-36-23(37)39;1-16(17-12-19(25(27,28)29)14-20(13-17)26(30,31)32)39-15-23(18-6-4-3-5-7-18)8-10-24(11-9-23,21(37)34-2)35-22(38)36-33;2-1-3/h3-7,12-14,16-17H,8-11,15H2,1-2H3,(H,34,38)(H,36,39);3-7,12-14,16H,8-11,15,33H2,1-2H3,(H,34,37)(H2,35,36,38);1H,(H3,2,3)/t17-,24?,25?;16-,23?,24?;/m11./s1. The molecule has 448 valence electrons. The van der Waals surface area contributed by atoms with E-state index in [0.29, 0.717) is 49.9 Å². The highest BCUT2D eigenvalue weighted by Gasteiger charge is 2.51. The molecule has 0 bridgehead atoms. The van der Waals surface area contributed by atoms with E-state index in [4.69, 9.17) is 20.7 Å². The summed E-state index contributed by atoms with van der Waals surface area (Å²) in [7, 11) is 2.89. The summed E-state index contributed by atoms with van der Waals surface area (Å²) >= 11 is 0. The minimum absolute atomic E-state index is 0.0418. The molecule has 1 aromatic heterocycles. The van der Waals surface area contributed by atoms with Gasteiger partial charge in [-0.05, 0) is 124 Å². The molecular weight excluding hydrogens is 1110 g/mol. The van der Waals surface area contributed by atoms with Gasteiger partial charge in [0.25, 0.3) is 0 Å². The molecular formula is C54H62F12N10O6. The fraction of sp³-hybridized carbons (Fsp3) is 0.444. The zero-order valence-electron chi connectivity index (χ0n) is 44.7. The van der Waals surface area contributed by atoms with Crippen LogP contribution in [-0.4, -0.2) is 71.8 Å². The van der Waals surface area contributed by atoms with Gasteiger partial charge in [-0.25, -0.2) is 20.5 Å². The van der Waals surface area contributed by atoms with Crippen molar-refractivity contribution in [3.8, 4) is 0 Å². The van der Waals surface area contributed by atoms with Gasteiger partial charge in [0.15, 0.2) is 0 Å². The summed E-state index contributed by atoms with van der Waals surface area (Å²) in [5, 5.41) is 19.7. The van der Waals surface area contributed by atoms with Crippen LogP contribution in [0, 0.1) is 5.41 Å². The minimum atomic E-state index is -4.98. The van der Waals surface area contributed by atoms with E-state index in [0.717, 1.165) is 17.5 Å². The molecule has 0 unspecified atom stereocenters. The highest BCUT2D eigenvalue weighted by atomic mass is 19.4. The summed E-state index contributed by atoms with van der Waals surface area (Å²) in [4.78, 5) is 50.2. The van der Waals surface area contributed by atoms with Crippen LogP contribution in [-0.2, 0) is 60.1 Å². The summed E-state index contributed by atoms with van der Waals surface area (Å²) in [6.45, 7) is 2.69. The third kappa shape index (κ3) is 15.3. The van der Waals surface area contributed by atoms with Crippen molar-refractivity contribution in [2.24, 2.45) is 11.6 Å². The number of amides is 4. The molecule has 2 atom stereocenters. The summed E-state index contributed by atoms with van der Waals surface area (Å²) < 4.78 is 174. The zero-order chi connectivity index (χ0) is 61.1. The van der Waals surface area contributed by atoms with Gasteiger partial charge < -0.3 is 31.2 Å². The predicted octanol–water partition coefficient (Wildman–Crippen LogP) is 9.86. The van der Waals surface area contributed by atoms with E-state index < -0.39 is 98.7 Å². The number of likely N-dealkylation sites (N-methyl/N-ethyl adjacent to an activating group) is 2. The number of hydrogen-bond donors (Lipinski definition) is 8. The zero-order valence-corrected chi connectivity index (χ0v) is 44.7. The van der Waals surface area contributed by atoms with Gasteiger partial charge in [-0.2, -0.15) is 57.8 Å². The van der Waals surface area contributed by atoms with Crippen LogP contribution < -0.4 is 38.6 Å². The number of carbonyl (C=O) groups excluding carboxylic acids is 3. The van der Waals surface area contributed by atoms with E-state index in [2.05, 4.69) is 31.9 Å². The van der Waals surface area contributed by atoms with Crippen molar-refractivity contribution in [2.75, 3.05) is 27.3 Å². The SMILES string of the molecule is CNC(=O)C1(NC(=O)NN)CCC(CO[C@H](C)c2cc(C(F)(F)F)cc(C(F)(F)F)c2)(c2ccccc2)CC1.CNC(=O)C1(n2cn[nH]c2=O)CCC(CO[C@H](C)c2cc(C(F)(F)F)cc(C(F)(F)F)c2)(c2ccccc2)CC1.N=CN. The van der Waals surface area contributed by atoms with Crippen LogP contribution in [0.25, 0.3) is 0 Å². The molecule has 16 nitrogen and oxygen atoms in total. The Bertz CT molecular complexity index is 2940. The van der Waals surface area contributed by atoms with E-state index >= 15 is 0 Å². The number of urea groups is 1. The fourth-order valence-corrected chi connectivity index (χ4v) is 10.4. The molecule has 7 rings (SSSR count). The minimum Gasteiger partial charge on any atom is -0.390 e. The molecule has 2 aliphatic rings. The van der Waals surface area contributed by atoms with Crippen LogP contribution in [0.2, 0.25) is 0 Å². The van der Waals surface area contributed by atoms with Crippen LogP contribution in [0.1, 0.15) is 122 Å². The van der Waals surface area contributed by atoms with E-state index in [1.54, 1.807) is 18.2 Å². The average Bonchev–Trinajstić information content (AvgIpc) is 3.74. The van der Waals surface area contributed by atoms with Crippen LogP contribution in [0.5, 0.6) is 0 Å². The van der Waals surface area contributed by atoms with Gasteiger partial charge in [-0.15, -0.1) is 0 Å². The lowest BCUT2D eigenvalue weighted by molar-refractivity contribution is -0.145. The number of benzene rings is 4. The highest BCUT2D eigenvalue weighted by molar-refractivity contribution is 5.91. The van der Waals surface area contributed by atoms with Crippen molar-refractivity contribution in [1.29, 1.82) is 5.41 Å². The van der Waals surface area contributed by atoms with Crippen molar-refractivity contribution in [2.45, 2.75) is 124 Å². The quantitative estimate of drug-likeness (QED) is 0.0132. The molecule has 10 N–H and O–H groups in total. The maximum atomic E-state index is 13.4. The fourth-order valence-electron chi connectivity index (χ4n) is 10.4. The van der Waals surface area contributed by atoms with Gasteiger partial charge in [0, 0.05) is 24.9 Å². The Kier molecular flexibility index (Phi) is 20.9. The number of aromatic nitrogens is 3. The lowest BCUT2D eigenvalue weighted by atomic mass is 9.64. The number of H-pyrrole nitrogens is 1. The Morgan fingerprint density at radius 3 is 1.29 bits per heavy atom. The maximum Gasteiger partial charge on any atom is 0.416 e. The Morgan fingerprint density at radius 1 is 0.634 bits per heavy atom. The predicted molar refractivity (Wildman–Crippen MR) is 275 cm³/mol. The van der Waals surface area contributed by atoms with Crippen molar-refractivity contribution in [3.63, 3.8) is 0 Å². The smallest absolute Gasteiger partial charge is 0.390 e. The first-order chi connectivity index (χ1) is 38.3. The van der Waals surface area contributed by atoms with E-state index in [1.165, 1.54) is 38.8 Å². The Morgan fingerprint density at radius 2 is 0.988 bits per heavy atom. The number of nitrogens with zero attached hydrogens (tertiary/aromatic N) is 2. The molecule has 4 amide bonds. The van der Waals surface area contributed by atoms with Crippen molar-refractivity contribution < 1.29 is 76.5 Å². The van der Waals surface area contributed by atoms with Crippen LogP contribution >= 0.6 is 0 Å². The molecule has 28 heteroatoms. The summed E-state index contributed by atoms with van der Waals surface area (Å²) in [6, 6.07) is 20.3. The Balaban J connectivity index is 0.000000287. The topological polar surface area (TPSA) is 244 Å². The highest BCUT2D eigenvalue weighted by Crippen LogP contribution is 2.49.